The van der Waals surface area contributed by atoms with Gasteiger partial charge in [0.15, 0.2) is 6.61 Å². The SMILES string of the molecule is CC(C)c1cccc(OCC(=O)NCc2ccc(N3CCCC3)cc2)c1. The Morgan fingerprint density at radius 3 is 2.54 bits per heavy atom. The second-order valence-corrected chi connectivity index (χ2v) is 7.15. The number of amides is 1. The molecule has 4 heteroatoms. The molecular weight excluding hydrogens is 324 g/mol. The maximum Gasteiger partial charge on any atom is 0.258 e. The molecule has 1 saturated heterocycles. The highest BCUT2D eigenvalue weighted by molar-refractivity contribution is 5.77. The van der Waals surface area contributed by atoms with Crippen LogP contribution in [0.2, 0.25) is 0 Å². The van der Waals surface area contributed by atoms with Gasteiger partial charge < -0.3 is 15.0 Å². The van der Waals surface area contributed by atoms with Gasteiger partial charge in [-0.3, -0.25) is 4.79 Å². The van der Waals surface area contributed by atoms with E-state index in [2.05, 4.69) is 54.4 Å². The van der Waals surface area contributed by atoms with E-state index in [1.54, 1.807) is 0 Å². The van der Waals surface area contributed by atoms with Crippen molar-refractivity contribution < 1.29 is 9.53 Å². The van der Waals surface area contributed by atoms with E-state index < -0.39 is 0 Å². The van der Waals surface area contributed by atoms with Crippen molar-refractivity contribution in [2.24, 2.45) is 0 Å². The van der Waals surface area contributed by atoms with Gasteiger partial charge in [-0.15, -0.1) is 0 Å². The first kappa shape index (κ1) is 18.3. The summed E-state index contributed by atoms with van der Waals surface area (Å²) in [5.41, 5.74) is 3.58. The molecule has 0 bridgehead atoms. The van der Waals surface area contributed by atoms with E-state index in [0.717, 1.165) is 24.4 Å². The predicted octanol–water partition coefficient (Wildman–Crippen LogP) is 4.11. The number of benzene rings is 2. The van der Waals surface area contributed by atoms with Gasteiger partial charge in [-0.05, 0) is 54.2 Å². The van der Waals surface area contributed by atoms with Gasteiger partial charge in [0, 0.05) is 25.3 Å². The molecule has 0 saturated carbocycles. The average molecular weight is 352 g/mol. The van der Waals surface area contributed by atoms with Crippen molar-refractivity contribution >= 4 is 11.6 Å². The van der Waals surface area contributed by atoms with E-state index in [4.69, 9.17) is 4.74 Å². The van der Waals surface area contributed by atoms with Crippen LogP contribution in [0.25, 0.3) is 0 Å². The largest absolute Gasteiger partial charge is 0.484 e. The van der Waals surface area contributed by atoms with Crippen molar-refractivity contribution in [1.29, 1.82) is 0 Å². The van der Waals surface area contributed by atoms with E-state index in [1.807, 2.05) is 18.2 Å². The number of nitrogens with zero attached hydrogens (tertiary/aromatic N) is 1. The Hall–Kier alpha value is -2.49. The van der Waals surface area contributed by atoms with Gasteiger partial charge in [-0.25, -0.2) is 0 Å². The number of carbonyl (C=O) groups excluding carboxylic acids is 1. The summed E-state index contributed by atoms with van der Waals surface area (Å²) < 4.78 is 5.61. The number of hydrogen-bond acceptors (Lipinski definition) is 3. The van der Waals surface area contributed by atoms with Gasteiger partial charge in [0.1, 0.15) is 5.75 Å². The van der Waals surface area contributed by atoms with Crippen LogP contribution in [0.3, 0.4) is 0 Å². The van der Waals surface area contributed by atoms with Crippen LogP contribution in [0.5, 0.6) is 5.75 Å². The molecule has 1 aliphatic rings. The van der Waals surface area contributed by atoms with E-state index in [-0.39, 0.29) is 12.5 Å². The molecule has 3 rings (SSSR count). The fourth-order valence-electron chi connectivity index (χ4n) is 3.16. The Morgan fingerprint density at radius 1 is 1.12 bits per heavy atom. The van der Waals surface area contributed by atoms with Crippen LogP contribution < -0.4 is 15.0 Å². The number of anilines is 1. The Labute approximate surface area is 156 Å². The average Bonchev–Trinajstić information content (AvgIpc) is 3.20. The summed E-state index contributed by atoms with van der Waals surface area (Å²) in [4.78, 5) is 14.4. The third-order valence-electron chi connectivity index (χ3n) is 4.79. The molecule has 1 N–H and O–H groups in total. The maximum absolute atomic E-state index is 12.0. The minimum absolute atomic E-state index is 0.0351. The Morgan fingerprint density at radius 2 is 1.85 bits per heavy atom. The summed E-state index contributed by atoms with van der Waals surface area (Å²) in [7, 11) is 0. The minimum Gasteiger partial charge on any atom is -0.484 e. The Bertz CT molecular complexity index is 719. The minimum atomic E-state index is -0.108. The first-order valence-corrected chi connectivity index (χ1v) is 9.45. The molecule has 2 aromatic carbocycles. The summed E-state index contributed by atoms with van der Waals surface area (Å²) in [6.45, 7) is 7.13. The summed E-state index contributed by atoms with van der Waals surface area (Å²) in [5.74, 6) is 1.07. The van der Waals surface area contributed by atoms with Crippen molar-refractivity contribution in [2.45, 2.75) is 39.2 Å². The summed E-state index contributed by atoms with van der Waals surface area (Å²) >= 11 is 0. The molecule has 0 atom stereocenters. The smallest absolute Gasteiger partial charge is 0.258 e. The summed E-state index contributed by atoms with van der Waals surface area (Å²) in [6, 6.07) is 16.4. The highest BCUT2D eigenvalue weighted by Gasteiger charge is 2.12. The molecule has 1 aliphatic heterocycles. The summed E-state index contributed by atoms with van der Waals surface area (Å²) in [6.07, 6.45) is 2.55. The maximum atomic E-state index is 12.0. The molecule has 0 unspecified atom stereocenters. The van der Waals surface area contributed by atoms with Gasteiger partial charge >= 0.3 is 0 Å². The lowest BCUT2D eigenvalue weighted by Gasteiger charge is -2.17. The van der Waals surface area contributed by atoms with Crippen molar-refractivity contribution in [1.82, 2.24) is 5.32 Å². The molecule has 2 aromatic rings. The molecule has 1 heterocycles. The fraction of sp³-hybridized carbons (Fsp3) is 0.409. The van der Waals surface area contributed by atoms with Crippen LogP contribution in [-0.4, -0.2) is 25.6 Å². The molecular formula is C22H28N2O2. The van der Waals surface area contributed by atoms with Crippen LogP contribution in [-0.2, 0) is 11.3 Å². The molecule has 1 fully saturated rings. The van der Waals surface area contributed by atoms with Gasteiger partial charge in [-0.2, -0.15) is 0 Å². The van der Waals surface area contributed by atoms with E-state index >= 15 is 0 Å². The van der Waals surface area contributed by atoms with E-state index in [1.165, 1.54) is 24.1 Å². The molecule has 26 heavy (non-hydrogen) atoms. The summed E-state index contributed by atoms with van der Waals surface area (Å²) in [5, 5.41) is 2.92. The zero-order valence-electron chi connectivity index (χ0n) is 15.7. The lowest BCUT2D eigenvalue weighted by Crippen LogP contribution is -2.28. The Kier molecular flexibility index (Phi) is 6.16. The van der Waals surface area contributed by atoms with Gasteiger partial charge in [0.05, 0.1) is 0 Å². The molecule has 0 aliphatic carbocycles. The molecule has 4 nitrogen and oxygen atoms in total. The number of ether oxygens (including phenoxy) is 1. The first-order chi connectivity index (χ1) is 12.6. The lowest BCUT2D eigenvalue weighted by atomic mass is 10.0. The van der Waals surface area contributed by atoms with Crippen LogP contribution >= 0.6 is 0 Å². The normalized spacial score (nSPS) is 13.9. The standard InChI is InChI=1S/C22H28N2O2/c1-17(2)19-6-5-7-21(14-19)26-16-22(25)23-15-18-8-10-20(11-9-18)24-12-3-4-13-24/h5-11,14,17H,3-4,12-13,15-16H2,1-2H3,(H,23,25). The molecule has 0 spiro atoms. The number of rotatable bonds is 7. The van der Waals surface area contributed by atoms with Gasteiger partial charge in [-0.1, -0.05) is 38.1 Å². The molecule has 1 amide bonds. The van der Waals surface area contributed by atoms with Gasteiger partial charge in [0.25, 0.3) is 5.91 Å². The third-order valence-corrected chi connectivity index (χ3v) is 4.79. The fourth-order valence-corrected chi connectivity index (χ4v) is 3.16. The topological polar surface area (TPSA) is 41.6 Å². The number of carbonyl (C=O) groups is 1. The third kappa shape index (κ3) is 5.01. The zero-order valence-corrected chi connectivity index (χ0v) is 15.7. The highest BCUT2D eigenvalue weighted by atomic mass is 16.5. The van der Waals surface area contributed by atoms with Crippen LogP contribution in [0, 0.1) is 0 Å². The number of hydrogen-bond donors (Lipinski definition) is 1. The zero-order chi connectivity index (χ0) is 18.4. The first-order valence-electron chi connectivity index (χ1n) is 9.45. The monoisotopic (exact) mass is 352 g/mol. The van der Waals surface area contributed by atoms with Crippen LogP contribution in [0.4, 0.5) is 5.69 Å². The molecule has 138 valence electrons. The molecule has 0 radical (unpaired) electrons. The van der Waals surface area contributed by atoms with E-state index in [9.17, 15) is 4.79 Å². The van der Waals surface area contributed by atoms with Crippen molar-refractivity contribution in [2.75, 3.05) is 24.6 Å². The highest BCUT2D eigenvalue weighted by Crippen LogP contribution is 2.21. The molecule has 0 aromatic heterocycles. The van der Waals surface area contributed by atoms with Gasteiger partial charge in [0.2, 0.25) is 0 Å². The van der Waals surface area contributed by atoms with Crippen molar-refractivity contribution in [3.05, 3.63) is 59.7 Å². The second kappa shape index (κ2) is 8.75. The Balaban J connectivity index is 1.44. The lowest BCUT2D eigenvalue weighted by molar-refractivity contribution is -0.123. The van der Waals surface area contributed by atoms with Crippen LogP contribution in [0.1, 0.15) is 43.7 Å². The quantitative estimate of drug-likeness (QED) is 0.815. The van der Waals surface area contributed by atoms with Crippen molar-refractivity contribution in [3.63, 3.8) is 0 Å². The predicted molar refractivity (Wildman–Crippen MR) is 106 cm³/mol. The van der Waals surface area contributed by atoms with Crippen molar-refractivity contribution in [3.8, 4) is 5.75 Å². The second-order valence-electron chi connectivity index (χ2n) is 7.15. The van der Waals surface area contributed by atoms with Crippen LogP contribution in [0.15, 0.2) is 48.5 Å². The van der Waals surface area contributed by atoms with E-state index in [0.29, 0.717) is 12.5 Å². The number of nitrogens with one attached hydrogen (secondary N) is 1.